The first kappa shape index (κ1) is 24.5. The lowest BCUT2D eigenvalue weighted by Crippen LogP contribution is -2.54. The standard InChI is InChI=1S/C23H33N7O.HI/c1-2-24-23(29-14-12-28(13-15-29)18-22(31)27-20-8-9-20)26-16-21-25-10-11-30(21)17-19-6-4-3-5-7-19;/h3-7,10-11,20H,2,8-9,12-18H2,1H3,(H,24,26)(H,27,31);1H. The molecule has 9 heteroatoms. The molecule has 4 rings (SSSR count). The lowest BCUT2D eigenvalue weighted by atomic mass is 10.2. The summed E-state index contributed by atoms with van der Waals surface area (Å²) in [6, 6.07) is 10.8. The molecular weight excluding hydrogens is 517 g/mol. The van der Waals surface area contributed by atoms with Crippen LogP contribution >= 0.6 is 24.0 Å². The molecule has 1 aliphatic carbocycles. The number of halogens is 1. The fourth-order valence-electron chi connectivity index (χ4n) is 3.81. The van der Waals surface area contributed by atoms with Crippen LogP contribution in [0.3, 0.4) is 0 Å². The van der Waals surface area contributed by atoms with E-state index in [2.05, 4.69) is 61.2 Å². The molecule has 0 spiro atoms. The molecule has 2 aromatic rings. The Morgan fingerprint density at radius 1 is 1.16 bits per heavy atom. The summed E-state index contributed by atoms with van der Waals surface area (Å²) in [5.74, 6) is 2.02. The summed E-state index contributed by atoms with van der Waals surface area (Å²) in [6.45, 7) is 8.19. The summed E-state index contributed by atoms with van der Waals surface area (Å²) in [4.78, 5) is 26.0. The van der Waals surface area contributed by atoms with Crippen LogP contribution in [0.1, 0.15) is 31.2 Å². The molecule has 2 aliphatic rings. The molecule has 2 N–H and O–H groups in total. The van der Waals surface area contributed by atoms with Crippen LogP contribution in [0, 0.1) is 0 Å². The van der Waals surface area contributed by atoms with E-state index in [0.29, 0.717) is 19.1 Å². The number of rotatable bonds is 8. The Hall–Kier alpha value is -2.14. The van der Waals surface area contributed by atoms with Crippen LogP contribution in [0.15, 0.2) is 47.7 Å². The molecule has 0 atom stereocenters. The highest BCUT2D eigenvalue weighted by Gasteiger charge is 2.26. The van der Waals surface area contributed by atoms with Crippen LogP contribution < -0.4 is 10.6 Å². The van der Waals surface area contributed by atoms with Crippen molar-refractivity contribution in [1.82, 2.24) is 30.0 Å². The topological polar surface area (TPSA) is 77.8 Å². The third kappa shape index (κ3) is 7.19. The quantitative estimate of drug-likeness (QED) is 0.298. The maximum Gasteiger partial charge on any atom is 0.234 e. The number of hydrogen-bond donors (Lipinski definition) is 2. The number of aliphatic imine (C=N–C) groups is 1. The summed E-state index contributed by atoms with van der Waals surface area (Å²) in [5, 5.41) is 6.49. The first-order valence-corrected chi connectivity index (χ1v) is 11.3. The molecule has 1 saturated heterocycles. The molecule has 2 fully saturated rings. The van der Waals surface area contributed by atoms with E-state index < -0.39 is 0 Å². The van der Waals surface area contributed by atoms with Crippen LogP contribution in [0.5, 0.6) is 0 Å². The Balaban J connectivity index is 0.00000289. The van der Waals surface area contributed by atoms with E-state index in [-0.39, 0.29) is 29.9 Å². The number of hydrogen-bond acceptors (Lipinski definition) is 4. The molecule has 2 heterocycles. The van der Waals surface area contributed by atoms with Crippen molar-refractivity contribution in [3.8, 4) is 0 Å². The summed E-state index contributed by atoms with van der Waals surface area (Å²) >= 11 is 0. The van der Waals surface area contributed by atoms with Gasteiger partial charge in [-0.3, -0.25) is 9.69 Å². The number of carbonyl (C=O) groups excluding carboxylic acids is 1. The van der Waals surface area contributed by atoms with Gasteiger partial charge in [-0.2, -0.15) is 0 Å². The van der Waals surface area contributed by atoms with Crippen molar-refractivity contribution in [2.24, 2.45) is 4.99 Å². The molecule has 1 aromatic heterocycles. The normalized spacial score (nSPS) is 17.0. The minimum Gasteiger partial charge on any atom is -0.357 e. The third-order valence-electron chi connectivity index (χ3n) is 5.68. The number of nitrogens with zero attached hydrogens (tertiary/aromatic N) is 5. The molecule has 1 aliphatic heterocycles. The van der Waals surface area contributed by atoms with E-state index in [1.54, 1.807) is 0 Å². The predicted octanol–water partition coefficient (Wildman–Crippen LogP) is 1.91. The number of piperazine rings is 1. The second-order valence-electron chi connectivity index (χ2n) is 8.23. The highest BCUT2D eigenvalue weighted by atomic mass is 127. The highest BCUT2D eigenvalue weighted by Crippen LogP contribution is 2.18. The van der Waals surface area contributed by atoms with Crippen molar-refractivity contribution in [3.63, 3.8) is 0 Å². The molecule has 1 saturated carbocycles. The van der Waals surface area contributed by atoms with Crippen LogP contribution in [-0.4, -0.2) is 76.5 Å². The summed E-state index contributed by atoms with van der Waals surface area (Å²) in [7, 11) is 0. The van der Waals surface area contributed by atoms with Gasteiger partial charge < -0.3 is 20.1 Å². The summed E-state index contributed by atoms with van der Waals surface area (Å²) in [5.41, 5.74) is 1.25. The molecule has 1 aromatic carbocycles. The van der Waals surface area contributed by atoms with Gasteiger partial charge in [0.1, 0.15) is 12.4 Å². The van der Waals surface area contributed by atoms with Crippen LogP contribution in [0.25, 0.3) is 0 Å². The molecular formula is C23H34IN7O. The lowest BCUT2D eigenvalue weighted by Gasteiger charge is -2.36. The van der Waals surface area contributed by atoms with E-state index in [0.717, 1.165) is 63.9 Å². The predicted molar refractivity (Wildman–Crippen MR) is 137 cm³/mol. The summed E-state index contributed by atoms with van der Waals surface area (Å²) in [6.07, 6.45) is 6.11. The first-order chi connectivity index (χ1) is 15.2. The van der Waals surface area contributed by atoms with Gasteiger partial charge in [-0.15, -0.1) is 24.0 Å². The number of imidazole rings is 1. The van der Waals surface area contributed by atoms with Crippen molar-refractivity contribution < 1.29 is 4.79 Å². The highest BCUT2D eigenvalue weighted by molar-refractivity contribution is 14.0. The van der Waals surface area contributed by atoms with Gasteiger partial charge in [0.25, 0.3) is 0 Å². The van der Waals surface area contributed by atoms with Crippen molar-refractivity contribution in [2.75, 3.05) is 39.3 Å². The van der Waals surface area contributed by atoms with E-state index in [1.807, 2.05) is 18.5 Å². The second-order valence-corrected chi connectivity index (χ2v) is 8.23. The van der Waals surface area contributed by atoms with Crippen molar-refractivity contribution >= 4 is 35.8 Å². The molecule has 174 valence electrons. The van der Waals surface area contributed by atoms with E-state index in [9.17, 15) is 4.79 Å². The third-order valence-corrected chi connectivity index (χ3v) is 5.68. The number of guanidine groups is 1. The van der Waals surface area contributed by atoms with E-state index >= 15 is 0 Å². The Bertz CT molecular complexity index is 873. The average Bonchev–Trinajstić information content (AvgIpc) is 3.49. The molecule has 32 heavy (non-hydrogen) atoms. The largest absolute Gasteiger partial charge is 0.357 e. The maximum atomic E-state index is 12.1. The van der Waals surface area contributed by atoms with Crippen LogP contribution in [0.2, 0.25) is 0 Å². The Morgan fingerprint density at radius 3 is 2.59 bits per heavy atom. The number of carbonyl (C=O) groups is 1. The average molecular weight is 551 g/mol. The molecule has 0 radical (unpaired) electrons. The zero-order valence-electron chi connectivity index (χ0n) is 18.7. The zero-order chi connectivity index (χ0) is 21.5. The van der Waals surface area contributed by atoms with Gasteiger partial charge in [0, 0.05) is 57.7 Å². The zero-order valence-corrected chi connectivity index (χ0v) is 21.1. The maximum absolute atomic E-state index is 12.1. The second kappa shape index (κ2) is 12.2. The van der Waals surface area contributed by atoms with Gasteiger partial charge in [0.05, 0.1) is 6.54 Å². The first-order valence-electron chi connectivity index (χ1n) is 11.3. The van der Waals surface area contributed by atoms with E-state index in [1.165, 1.54) is 5.56 Å². The van der Waals surface area contributed by atoms with Gasteiger partial charge in [0.2, 0.25) is 5.91 Å². The van der Waals surface area contributed by atoms with Gasteiger partial charge in [0.15, 0.2) is 5.96 Å². The number of benzene rings is 1. The Labute approximate surface area is 207 Å². The van der Waals surface area contributed by atoms with E-state index in [4.69, 9.17) is 4.99 Å². The Kier molecular flexibility index (Phi) is 9.34. The van der Waals surface area contributed by atoms with Gasteiger partial charge in [-0.25, -0.2) is 9.98 Å². The summed E-state index contributed by atoms with van der Waals surface area (Å²) < 4.78 is 2.15. The van der Waals surface area contributed by atoms with Crippen molar-refractivity contribution in [1.29, 1.82) is 0 Å². The monoisotopic (exact) mass is 551 g/mol. The molecule has 8 nitrogen and oxygen atoms in total. The number of amides is 1. The number of nitrogens with one attached hydrogen (secondary N) is 2. The van der Waals surface area contributed by atoms with Crippen LogP contribution in [-0.2, 0) is 17.9 Å². The minimum atomic E-state index is 0. The van der Waals surface area contributed by atoms with Crippen molar-refractivity contribution in [2.45, 2.75) is 38.9 Å². The smallest absolute Gasteiger partial charge is 0.234 e. The van der Waals surface area contributed by atoms with Gasteiger partial charge in [-0.05, 0) is 25.3 Å². The minimum absolute atomic E-state index is 0. The molecule has 0 bridgehead atoms. The lowest BCUT2D eigenvalue weighted by molar-refractivity contribution is -0.122. The Morgan fingerprint density at radius 2 is 1.91 bits per heavy atom. The fourth-order valence-corrected chi connectivity index (χ4v) is 3.81. The van der Waals surface area contributed by atoms with Crippen molar-refractivity contribution in [3.05, 3.63) is 54.1 Å². The molecule has 1 amide bonds. The SMILES string of the molecule is CCNC(=NCc1nccn1Cc1ccccc1)N1CCN(CC(=O)NC2CC2)CC1.I. The van der Waals surface area contributed by atoms with Crippen LogP contribution in [0.4, 0.5) is 0 Å². The fraction of sp³-hybridized carbons (Fsp3) is 0.522. The molecule has 0 unspecified atom stereocenters. The van der Waals surface area contributed by atoms with Gasteiger partial charge in [-0.1, -0.05) is 30.3 Å². The van der Waals surface area contributed by atoms with Gasteiger partial charge >= 0.3 is 0 Å². The number of aromatic nitrogens is 2.